The first-order valence-corrected chi connectivity index (χ1v) is 4.92. The SMILES string of the molecule is C=CCN(CC(=O)O)C(=O)c1ccc(F)cc1. The van der Waals surface area contributed by atoms with E-state index in [1.807, 2.05) is 0 Å². The van der Waals surface area contributed by atoms with Crippen LogP contribution in [0.15, 0.2) is 36.9 Å². The van der Waals surface area contributed by atoms with Crippen molar-refractivity contribution < 1.29 is 19.1 Å². The first-order valence-electron chi connectivity index (χ1n) is 4.92. The lowest BCUT2D eigenvalue weighted by atomic mass is 10.2. The van der Waals surface area contributed by atoms with Gasteiger partial charge in [0.15, 0.2) is 0 Å². The van der Waals surface area contributed by atoms with Crippen LogP contribution in [-0.2, 0) is 4.79 Å². The van der Waals surface area contributed by atoms with Gasteiger partial charge in [0.1, 0.15) is 12.4 Å². The number of halogens is 1. The van der Waals surface area contributed by atoms with Crippen LogP contribution in [0.1, 0.15) is 10.4 Å². The van der Waals surface area contributed by atoms with Gasteiger partial charge >= 0.3 is 5.97 Å². The largest absolute Gasteiger partial charge is 0.480 e. The van der Waals surface area contributed by atoms with Crippen molar-refractivity contribution in [2.24, 2.45) is 0 Å². The lowest BCUT2D eigenvalue weighted by Crippen LogP contribution is -2.35. The van der Waals surface area contributed by atoms with Gasteiger partial charge in [-0.1, -0.05) is 6.08 Å². The summed E-state index contributed by atoms with van der Waals surface area (Å²) in [5.41, 5.74) is 0.245. The number of amides is 1. The van der Waals surface area contributed by atoms with E-state index in [0.29, 0.717) is 0 Å². The molecule has 17 heavy (non-hydrogen) atoms. The van der Waals surface area contributed by atoms with Crippen molar-refractivity contribution in [1.82, 2.24) is 4.90 Å². The number of rotatable bonds is 5. The Kier molecular flexibility index (Phi) is 4.39. The fourth-order valence-corrected chi connectivity index (χ4v) is 1.31. The van der Waals surface area contributed by atoms with Gasteiger partial charge < -0.3 is 10.0 Å². The third-order valence-electron chi connectivity index (χ3n) is 2.05. The molecule has 0 saturated carbocycles. The molecule has 0 aromatic heterocycles. The molecule has 90 valence electrons. The van der Waals surface area contributed by atoms with Crippen LogP contribution in [0.25, 0.3) is 0 Å². The zero-order chi connectivity index (χ0) is 12.8. The van der Waals surface area contributed by atoms with E-state index in [-0.39, 0.29) is 12.1 Å². The van der Waals surface area contributed by atoms with Crippen molar-refractivity contribution in [3.05, 3.63) is 48.3 Å². The van der Waals surface area contributed by atoms with E-state index in [4.69, 9.17) is 5.11 Å². The summed E-state index contributed by atoms with van der Waals surface area (Å²) in [6.45, 7) is 3.16. The Morgan fingerprint density at radius 3 is 2.41 bits per heavy atom. The maximum Gasteiger partial charge on any atom is 0.323 e. The number of aliphatic carboxylic acids is 1. The molecule has 0 aliphatic carbocycles. The fraction of sp³-hybridized carbons (Fsp3) is 0.167. The molecule has 1 aromatic rings. The van der Waals surface area contributed by atoms with Crippen LogP contribution in [0.5, 0.6) is 0 Å². The Hall–Kier alpha value is -2.17. The molecule has 0 spiro atoms. The van der Waals surface area contributed by atoms with E-state index in [9.17, 15) is 14.0 Å². The molecule has 1 N–H and O–H groups in total. The van der Waals surface area contributed by atoms with Crippen LogP contribution < -0.4 is 0 Å². The maximum atomic E-state index is 12.7. The molecule has 0 saturated heterocycles. The van der Waals surface area contributed by atoms with Gasteiger partial charge in [-0.05, 0) is 24.3 Å². The second kappa shape index (κ2) is 5.79. The number of carboxylic acid groups (broad SMARTS) is 1. The van der Waals surface area contributed by atoms with Crippen molar-refractivity contribution >= 4 is 11.9 Å². The molecule has 0 bridgehead atoms. The number of carboxylic acids is 1. The third kappa shape index (κ3) is 3.71. The normalized spacial score (nSPS) is 9.71. The smallest absolute Gasteiger partial charge is 0.323 e. The summed E-state index contributed by atoms with van der Waals surface area (Å²) in [5, 5.41) is 8.66. The molecular weight excluding hydrogens is 225 g/mol. The molecule has 0 radical (unpaired) electrons. The van der Waals surface area contributed by atoms with Crippen molar-refractivity contribution in [3.8, 4) is 0 Å². The molecule has 1 aromatic carbocycles. The summed E-state index contributed by atoms with van der Waals surface area (Å²) >= 11 is 0. The van der Waals surface area contributed by atoms with Crippen molar-refractivity contribution in [1.29, 1.82) is 0 Å². The van der Waals surface area contributed by atoms with Crippen LogP contribution in [0.2, 0.25) is 0 Å². The Labute approximate surface area is 98.0 Å². The number of carbonyl (C=O) groups excluding carboxylic acids is 1. The predicted octanol–water partition coefficient (Wildman–Crippen LogP) is 1.54. The average Bonchev–Trinajstić information content (AvgIpc) is 2.28. The monoisotopic (exact) mass is 237 g/mol. The zero-order valence-corrected chi connectivity index (χ0v) is 9.10. The van der Waals surface area contributed by atoms with E-state index in [1.54, 1.807) is 0 Å². The molecule has 0 heterocycles. The average molecular weight is 237 g/mol. The second-order valence-electron chi connectivity index (χ2n) is 3.37. The van der Waals surface area contributed by atoms with Crippen LogP contribution in [0.4, 0.5) is 4.39 Å². The van der Waals surface area contributed by atoms with Gasteiger partial charge in [0.25, 0.3) is 5.91 Å². The topological polar surface area (TPSA) is 57.6 Å². The zero-order valence-electron chi connectivity index (χ0n) is 9.10. The van der Waals surface area contributed by atoms with Gasteiger partial charge in [-0.25, -0.2) is 4.39 Å². The van der Waals surface area contributed by atoms with Gasteiger partial charge in [-0.15, -0.1) is 6.58 Å². The van der Waals surface area contributed by atoms with E-state index >= 15 is 0 Å². The highest BCUT2D eigenvalue weighted by Crippen LogP contribution is 2.07. The number of benzene rings is 1. The molecule has 1 rings (SSSR count). The molecule has 4 nitrogen and oxygen atoms in total. The predicted molar refractivity (Wildman–Crippen MR) is 60.1 cm³/mol. The fourth-order valence-electron chi connectivity index (χ4n) is 1.31. The van der Waals surface area contributed by atoms with E-state index in [1.165, 1.54) is 18.2 Å². The Morgan fingerprint density at radius 2 is 1.94 bits per heavy atom. The summed E-state index contributed by atoms with van der Waals surface area (Å²) < 4.78 is 12.7. The molecule has 0 atom stereocenters. The summed E-state index contributed by atoms with van der Waals surface area (Å²) in [7, 11) is 0. The van der Waals surface area contributed by atoms with E-state index < -0.39 is 24.2 Å². The number of carbonyl (C=O) groups is 2. The summed E-state index contributed by atoms with van der Waals surface area (Å²) in [5.74, 6) is -2.02. The lowest BCUT2D eigenvalue weighted by Gasteiger charge is -2.18. The molecule has 0 unspecified atom stereocenters. The Bertz CT molecular complexity index is 428. The minimum absolute atomic E-state index is 0.127. The molecule has 0 fully saturated rings. The van der Waals surface area contributed by atoms with Crippen LogP contribution in [0.3, 0.4) is 0 Å². The highest BCUT2D eigenvalue weighted by atomic mass is 19.1. The van der Waals surface area contributed by atoms with Crippen LogP contribution in [-0.4, -0.2) is 35.0 Å². The van der Waals surface area contributed by atoms with E-state index in [2.05, 4.69) is 6.58 Å². The van der Waals surface area contributed by atoms with Crippen molar-refractivity contribution in [2.75, 3.05) is 13.1 Å². The van der Waals surface area contributed by atoms with Crippen LogP contribution in [0, 0.1) is 5.82 Å². The minimum Gasteiger partial charge on any atom is -0.480 e. The third-order valence-corrected chi connectivity index (χ3v) is 2.05. The van der Waals surface area contributed by atoms with Gasteiger partial charge in [0.2, 0.25) is 0 Å². The van der Waals surface area contributed by atoms with Crippen LogP contribution >= 0.6 is 0 Å². The first-order chi connectivity index (χ1) is 8.04. The standard InChI is InChI=1S/C12H12FNO3/c1-2-7-14(8-11(15)16)12(17)9-3-5-10(13)6-4-9/h2-6H,1,7-8H2,(H,15,16). The van der Waals surface area contributed by atoms with Crippen molar-refractivity contribution in [2.45, 2.75) is 0 Å². The van der Waals surface area contributed by atoms with Gasteiger partial charge in [0, 0.05) is 12.1 Å². The lowest BCUT2D eigenvalue weighted by molar-refractivity contribution is -0.137. The number of hydrogen-bond acceptors (Lipinski definition) is 2. The molecule has 0 aliphatic rings. The van der Waals surface area contributed by atoms with Gasteiger partial charge in [-0.3, -0.25) is 9.59 Å². The highest BCUT2D eigenvalue weighted by Gasteiger charge is 2.17. The molecule has 1 amide bonds. The molecule has 5 heteroatoms. The summed E-state index contributed by atoms with van der Waals surface area (Å²) in [4.78, 5) is 23.6. The Balaban J connectivity index is 2.86. The second-order valence-corrected chi connectivity index (χ2v) is 3.37. The minimum atomic E-state index is -1.11. The van der Waals surface area contributed by atoms with E-state index in [0.717, 1.165) is 17.0 Å². The summed E-state index contributed by atoms with van der Waals surface area (Å²) in [6, 6.07) is 4.94. The Morgan fingerprint density at radius 1 is 1.35 bits per heavy atom. The van der Waals surface area contributed by atoms with Gasteiger partial charge in [0.05, 0.1) is 0 Å². The number of hydrogen-bond donors (Lipinski definition) is 1. The molecular formula is C12H12FNO3. The maximum absolute atomic E-state index is 12.7. The van der Waals surface area contributed by atoms with Crippen molar-refractivity contribution in [3.63, 3.8) is 0 Å². The summed E-state index contributed by atoms with van der Waals surface area (Å²) in [6.07, 6.45) is 1.43. The van der Waals surface area contributed by atoms with Gasteiger partial charge in [-0.2, -0.15) is 0 Å². The quantitative estimate of drug-likeness (QED) is 0.790. The molecule has 0 aliphatic heterocycles. The first kappa shape index (κ1) is 12.9. The number of nitrogens with zero attached hydrogens (tertiary/aromatic N) is 1. The highest BCUT2D eigenvalue weighted by molar-refractivity contribution is 5.95.